The lowest BCUT2D eigenvalue weighted by molar-refractivity contribution is 0.0548. The molecule has 1 aliphatic carbocycles. The molecule has 0 saturated heterocycles. The molecule has 2 atom stereocenters. The van der Waals surface area contributed by atoms with Crippen LogP contribution in [0.4, 0.5) is 0 Å². The Hall–Kier alpha value is -0.280. The fraction of sp³-hybridized carbons (Fsp3) is 0.625. The number of rotatable bonds is 4. The molecule has 2 unspecified atom stereocenters. The molecule has 4 heteroatoms. The summed E-state index contributed by atoms with van der Waals surface area (Å²) in [6.07, 6.45) is 4.16. The van der Waals surface area contributed by atoms with E-state index in [1.165, 1.54) is 12.8 Å². The van der Waals surface area contributed by atoms with Gasteiger partial charge in [-0.1, -0.05) is 49.0 Å². The first-order valence-corrected chi connectivity index (χ1v) is 8.11. The topological polar surface area (TPSA) is 46.2 Å². The van der Waals surface area contributed by atoms with E-state index in [1.54, 1.807) is 6.07 Å². The van der Waals surface area contributed by atoms with E-state index in [0.717, 1.165) is 24.3 Å². The molecule has 1 saturated carbocycles. The van der Waals surface area contributed by atoms with Crippen molar-refractivity contribution < 1.29 is 5.11 Å². The zero-order valence-electron chi connectivity index (χ0n) is 11.9. The predicted octanol–water partition coefficient (Wildman–Crippen LogP) is 4.22. The summed E-state index contributed by atoms with van der Waals surface area (Å²) in [7, 11) is 0. The van der Waals surface area contributed by atoms with Gasteiger partial charge in [-0.2, -0.15) is 0 Å². The van der Waals surface area contributed by atoms with Crippen molar-refractivity contribution in [1.82, 2.24) is 0 Å². The smallest absolute Gasteiger partial charge is 0.0649 e. The number of aliphatic hydroxyl groups excluding tert-OH is 1. The van der Waals surface area contributed by atoms with E-state index >= 15 is 0 Å². The van der Waals surface area contributed by atoms with Crippen molar-refractivity contribution in [2.24, 2.45) is 17.6 Å². The third kappa shape index (κ3) is 3.67. The Morgan fingerprint density at radius 1 is 1.20 bits per heavy atom. The third-order valence-electron chi connectivity index (χ3n) is 4.58. The first-order chi connectivity index (χ1) is 9.52. The highest BCUT2D eigenvalue weighted by Crippen LogP contribution is 2.36. The molecule has 2 rings (SSSR count). The maximum atomic E-state index is 10.7. The Labute approximate surface area is 131 Å². The predicted molar refractivity (Wildman–Crippen MR) is 85.4 cm³/mol. The third-order valence-corrected chi connectivity index (χ3v) is 5.32. The first kappa shape index (κ1) is 16.1. The maximum Gasteiger partial charge on any atom is 0.0649 e. The number of halogens is 2. The Bertz CT molecular complexity index is 444. The molecule has 0 bridgehead atoms. The Kier molecular flexibility index (Phi) is 5.74. The summed E-state index contributed by atoms with van der Waals surface area (Å²) >= 11 is 12.0. The van der Waals surface area contributed by atoms with E-state index in [2.05, 4.69) is 6.92 Å². The van der Waals surface area contributed by atoms with Crippen molar-refractivity contribution in [3.63, 3.8) is 0 Å². The average molecular weight is 316 g/mol. The molecule has 2 nitrogen and oxygen atoms in total. The van der Waals surface area contributed by atoms with Crippen LogP contribution in [-0.4, -0.2) is 17.8 Å². The van der Waals surface area contributed by atoms with Crippen molar-refractivity contribution in [3.8, 4) is 0 Å². The minimum Gasteiger partial charge on any atom is -0.392 e. The van der Waals surface area contributed by atoms with Gasteiger partial charge in [-0.3, -0.25) is 0 Å². The van der Waals surface area contributed by atoms with Crippen LogP contribution in [0.1, 0.15) is 44.1 Å². The second-order valence-corrected chi connectivity index (χ2v) is 6.84. The van der Waals surface area contributed by atoms with Gasteiger partial charge in [0.25, 0.3) is 0 Å². The van der Waals surface area contributed by atoms with Crippen LogP contribution < -0.4 is 5.73 Å². The normalized spacial score (nSPS) is 26.2. The fourth-order valence-electron chi connectivity index (χ4n) is 3.17. The summed E-state index contributed by atoms with van der Waals surface area (Å²) in [5.41, 5.74) is 6.87. The standard InChI is InChI=1S/C16H23Cl2NO/c1-10-2-4-11(5-3-10)16(20)13(9-19)12-6-7-14(17)15(18)8-12/h6-8,10-11,13,16,20H,2-5,9,19H2,1H3. The number of hydrogen-bond donors (Lipinski definition) is 2. The molecular formula is C16H23Cl2NO. The molecule has 1 aliphatic rings. The summed E-state index contributed by atoms with van der Waals surface area (Å²) in [6.45, 7) is 2.70. The van der Waals surface area contributed by atoms with Crippen molar-refractivity contribution in [2.45, 2.75) is 44.6 Å². The van der Waals surface area contributed by atoms with Crippen molar-refractivity contribution >= 4 is 23.2 Å². The largest absolute Gasteiger partial charge is 0.392 e. The molecule has 1 aromatic carbocycles. The van der Waals surface area contributed by atoms with E-state index in [-0.39, 0.29) is 5.92 Å². The van der Waals surface area contributed by atoms with Gasteiger partial charge in [-0.15, -0.1) is 0 Å². The number of hydrogen-bond acceptors (Lipinski definition) is 2. The molecule has 0 heterocycles. The van der Waals surface area contributed by atoms with Gasteiger partial charge in [0.2, 0.25) is 0 Å². The summed E-state index contributed by atoms with van der Waals surface area (Å²) in [5, 5.41) is 11.7. The molecule has 0 radical (unpaired) electrons. The highest BCUT2D eigenvalue weighted by atomic mass is 35.5. The Balaban J connectivity index is 2.12. The molecule has 0 aliphatic heterocycles. The van der Waals surface area contributed by atoms with Crippen molar-refractivity contribution in [3.05, 3.63) is 33.8 Å². The summed E-state index contributed by atoms with van der Waals surface area (Å²) in [6, 6.07) is 5.52. The van der Waals surface area contributed by atoms with E-state index < -0.39 is 6.10 Å². The summed E-state index contributed by atoms with van der Waals surface area (Å²) < 4.78 is 0. The van der Waals surface area contributed by atoms with Gasteiger partial charge in [0.15, 0.2) is 0 Å². The Morgan fingerprint density at radius 2 is 1.85 bits per heavy atom. The maximum absolute atomic E-state index is 10.7. The molecule has 20 heavy (non-hydrogen) atoms. The van der Waals surface area contributed by atoms with E-state index in [1.807, 2.05) is 12.1 Å². The molecular weight excluding hydrogens is 293 g/mol. The van der Waals surface area contributed by atoms with Crippen LogP contribution in [-0.2, 0) is 0 Å². The van der Waals surface area contributed by atoms with Gasteiger partial charge < -0.3 is 10.8 Å². The number of nitrogens with two attached hydrogens (primary N) is 1. The highest BCUT2D eigenvalue weighted by Gasteiger charge is 2.30. The minimum absolute atomic E-state index is 0.0665. The quantitative estimate of drug-likeness (QED) is 0.873. The van der Waals surface area contributed by atoms with Gasteiger partial charge in [0.1, 0.15) is 0 Å². The van der Waals surface area contributed by atoms with Gasteiger partial charge in [-0.25, -0.2) is 0 Å². The van der Waals surface area contributed by atoms with Gasteiger partial charge >= 0.3 is 0 Å². The Morgan fingerprint density at radius 3 is 2.40 bits per heavy atom. The van der Waals surface area contributed by atoms with Gasteiger partial charge in [0, 0.05) is 12.5 Å². The van der Waals surface area contributed by atoms with Crippen molar-refractivity contribution in [2.75, 3.05) is 6.54 Å². The molecule has 1 aromatic rings. The van der Waals surface area contributed by atoms with Crippen molar-refractivity contribution in [1.29, 1.82) is 0 Å². The molecule has 0 aromatic heterocycles. The lowest BCUT2D eigenvalue weighted by atomic mass is 9.75. The number of benzene rings is 1. The first-order valence-electron chi connectivity index (χ1n) is 7.36. The lowest BCUT2D eigenvalue weighted by Crippen LogP contribution is -2.34. The fourth-order valence-corrected chi connectivity index (χ4v) is 3.48. The second-order valence-electron chi connectivity index (χ2n) is 6.03. The molecule has 3 N–H and O–H groups in total. The van der Waals surface area contributed by atoms with Crippen LogP contribution >= 0.6 is 23.2 Å². The van der Waals surface area contributed by atoms with Crippen LogP contribution in [0.15, 0.2) is 18.2 Å². The zero-order chi connectivity index (χ0) is 14.7. The van der Waals surface area contributed by atoms with Gasteiger partial charge in [-0.05, 0) is 42.4 Å². The average Bonchev–Trinajstić information content (AvgIpc) is 2.44. The SMILES string of the molecule is CC1CCC(C(O)C(CN)c2ccc(Cl)c(Cl)c2)CC1. The second kappa shape index (κ2) is 7.13. The van der Waals surface area contributed by atoms with Crippen LogP contribution in [0.2, 0.25) is 10.0 Å². The van der Waals surface area contributed by atoms with Crippen LogP contribution in [0, 0.1) is 11.8 Å². The lowest BCUT2D eigenvalue weighted by Gasteiger charge is -2.34. The van der Waals surface area contributed by atoms with Crippen LogP contribution in [0.5, 0.6) is 0 Å². The highest BCUT2D eigenvalue weighted by molar-refractivity contribution is 6.42. The summed E-state index contributed by atoms with van der Waals surface area (Å²) in [4.78, 5) is 0. The molecule has 1 fully saturated rings. The van der Waals surface area contributed by atoms with Crippen LogP contribution in [0.3, 0.4) is 0 Å². The molecule has 0 spiro atoms. The minimum atomic E-state index is -0.398. The number of aliphatic hydroxyl groups is 1. The molecule has 112 valence electrons. The molecule has 0 amide bonds. The monoisotopic (exact) mass is 315 g/mol. The van der Waals surface area contributed by atoms with E-state index in [9.17, 15) is 5.11 Å². The van der Waals surface area contributed by atoms with E-state index in [4.69, 9.17) is 28.9 Å². The van der Waals surface area contributed by atoms with Crippen LogP contribution in [0.25, 0.3) is 0 Å². The zero-order valence-corrected chi connectivity index (χ0v) is 13.4. The van der Waals surface area contributed by atoms with Gasteiger partial charge in [0.05, 0.1) is 16.1 Å². The van der Waals surface area contributed by atoms with E-state index in [0.29, 0.717) is 22.5 Å². The summed E-state index contributed by atoms with van der Waals surface area (Å²) in [5.74, 6) is 1.05.